The first-order chi connectivity index (χ1) is 7.04. The van der Waals surface area contributed by atoms with Crippen molar-refractivity contribution in [2.45, 2.75) is 32.7 Å². The Morgan fingerprint density at radius 1 is 1.60 bits per heavy atom. The summed E-state index contributed by atoms with van der Waals surface area (Å²) < 4.78 is 0. The third kappa shape index (κ3) is 3.47. The van der Waals surface area contributed by atoms with Crippen LogP contribution < -0.4 is 5.73 Å². The van der Waals surface area contributed by atoms with Crippen molar-refractivity contribution >= 4 is 5.91 Å². The van der Waals surface area contributed by atoms with Gasteiger partial charge in [0.1, 0.15) is 0 Å². The Morgan fingerprint density at radius 2 is 2.27 bits per heavy atom. The van der Waals surface area contributed by atoms with Crippen molar-refractivity contribution in [3.05, 3.63) is 0 Å². The predicted molar refractivity (Wildman–Crippen MR) is 59.2 cm³/mol. The summed E-state index contributed by atoms with van der Waals surface area (Å²) in [7, 11) is 0. The Hall–Kier alpha value is -0.610. The zero-order valence-corrected chi connectivity index (χ0v) is 9.65. The van der Waals surface area contributed by atoms with Crippen LogP contribution in [0.2, 0.25) is 0 Å². The molecule has 0 aromatic carbocycles. The van der Waals surface area contributed by atoms with Crippen molar-refractivity contribution in [3.63, 3.8) is 0 Å². The molecule has 4 heteroatoms. The van der Waals surface area contributed by atoms with Crippen LogP contribution in [0.5, 0.6) is 0 Å². The highest BCUT2D eigenvalue weighted by atomic mass is 16.3. The third-order valence-corrected chi connectivity index (χ3v) is 2.90. The van der Waals surface area contributed by atoms with E-state index >= 15 is 0 Å². The lowest BCUT2D eigenvalue weighted by Crippen LogP contribution is -2.43. The van der Waals surface area contributed by atoms with Gasteiger partial charge in [-0.2, -0.15) is 0 Å². The molecule has 1 fully saturated rings. The van der Waals surface area contributed by atoms with E-state index in [9.17, 15) is 4.79 Å². The van der Waals surface area contributed by atoms with E-state index in [0.717, 1.165) is 19.4 Å². The SMILES string of the molecule is CC(C)CC(N)C(=O)N1CCC(CO)C1. The number of amides is 1. The van der Waals surface area contributed by atoms with Crippen molar-refractivity contribution in [1.82, 2.24) is 4.90 Å². The van der Waals surface area contributed by atoms with Crippen LogP contribution in [0.1, 0.15) is 26.7 Å². The van der Waals surface area contributed by atoms with Crippen LogP contribution in [-0.2, 0) is 4.79 Å². The summed E-state index contributed by atoms with van der Waals surface area (Å²) in [5.41, 5.74) is 5.83. The molecule has 0 aromatic rings. The average Bonchev–Trinajstić information content (AvgIpc) is 2.63. The van der Waals surface area contributed by atoms with E-state index in [1.165, 1.54) is 0 Å². The quantitative estimate of drug-likeness (QED) is 0.702. The van der Waals surface area contributed by atoms with Gasteiger partial charge >= 0.3 is 0 Å². The van der Waals surface area contributed by atoms with Gasteiger partial charge in [0.25, 0.3) is 0 Å². The average molecular weight is 214 g/mol. The first-order valence-electron chi connectivity index (χ1n) is 5.69. The van der Waals surface area contributed by atoms with Crippen molar-refractivity contribution in [2.75, 3.05) is 19.7 Å². The molecule has 0 aliphatic carbocycles. The Balaban J connectivity index is 2.40. The van der Waals surface area contributed by atoms with Gasteiger partial charge < -0.3 is 15.7 Å². The first kappa shape index (κ1) is 12.5. The molecule has 15 heavy (non-hydrogen) atoms. The molecule has 0 bridgehead atoms. The lowest BCUT2D eigenvalue weighted by molar-refractivity contribution is -0.132. The fourth-order valence-electron chi connectivity index (χ4n) is 2.03. The van der Waals surface area contributed by atoms with E-state index in [1.807, 2.05) is 0 Å². The molecule has 1 rings (SSSR count). The van der Waals surface area contributed by atoms with Gasteiger partial charge in [-0.25, -0.2) is 0 Å². The second-order valence-electron chi connectivity index (χ2n) is 4.86. The van der Waals surface area contributed by atoms with Crippen LogP contribution in [0.3, 0.4) is 0 Å². The fraction of sp³-hybridized carbons (Fsp3) is 0.909. The minimum absolute atomic E-state index is 0.0413. The van der Waals surface area contributed by atoms with Crippen molar-refractivity contribution in [1.29, 1.82) is 0 Å². The monoisotopic (exact) mass is 214 g/mol. The minimum atomic E-state index is -0.373. The Bertz CT molecular complexity index is 219. The maximum absolute atomic E-state index is 11.9. The van der Waals surface area contributed by atoms with E-state index in [-0.39, 0.29) is 24.5 Å². The molecule has 0 aromatic heterocycles. The number of nitrogens with zero attached hydrogens (tertiary/aromatic N) is 1. The second kappa shape index (κ2) is 5.47. The Morgan fingerprint density at radius 3 is 2.73 bits per heavy atom. The number of carbonyl (C=O) groups excluding carboxylic acids is 1. The number of aliphatic hydroxyl groups is 1. The van der Waals surface area contributed by atoms with E-state index in [1.54, 1.807) is 4.90 Å². The summed E-state index contributed by atoms with van der Waals surface area (Å²) in [5, 5.41) is 8.98. The number of nitrogens with two attached hydrogens (primary N) is 1. The zero-order valence-electron chi connectivity index (χ0n) is 9.65. The standard InChI is InChI=1S/C11H22N2O2/c1-8(2)5-10(12)11(15)13-4-3-9(6-13)7-14/h8-10,14H,3-7,12H2,1-2H3. The van der Waals surface area contributed by atoms with Gasteiger partial charge in [0.2, 0.25) is 5.91 Å². The van der Waals surface area contributed by atoms with Crippen LogP contribution in [0.15, 0.2) is 0 Å². The van der Waals surface area contributed by atoms with Gasteiger partial charge in [0.05, 0.1) is 6.04 Å². The molecule has 1 amide bonds. The molecule has 4 nitrogen and oxygen atoms in total. The lowest BCUT2D eigenvalue weighted by Gasteiger charge is -2.21. The summed E-state index contributed by atoms with van der Waals surface area (Å²) in [5.74, 6) is 0.736. The molecule has 3 N–H and O–H groups in total. The molecule has 2 atom stereocenters. The van der Waals surface area contributed by atoms with Crippen LogP contribution in [0.25, 0.3) is 0 Å². The number of aliphatic hydroxyl groups excluding tert-OH is 1. The number of carbonyl (C=O) groups is 1. The lowest BCUT2D eigenvalue weighted by atomic mass is 10.0. The summed E-state index contributed by atoms with van der Waals surface area (Å²) >= 11 is 0. The molecule has 1 saturated heterocycles. The molecular formula is C11H22N2O2. The molecule has 0 spiro atoms. The smallest absolute Gasteiger partial charge is 0.239 e. The highest BCUT2D eigenvalue weighted by molar-refractivity contribution is 5.81. The van der Waals surface area contributed by atoms with Gasteiger partial charge in [-0.3, -0.25) is 4.79 Å². The minimum Gasteiger partial charge on any atom is -0.396 e. The van der Waals surface area contributed by atoms with Crippen LogP contribution in [-0.4, -0.2) is 41.7 Å². The molecule has 1 heterocycles. The topological polar surface area (TPSA) is 66.6 Å². The third-order valence-electron chi connectivity index (χ3n) is 2.90. The van der Waals surface area contributed by atoms with Gasteiger partial charge in [-0.05, 0) is 18.8 Å². The molecule has 0 saturated carbocycles. The number of likely N-dealkylation sites (tertiary alicyclic amines) is 1. The van der Waals surface area contributed by atoms with Crippen molar-refractivity contribution in [3.8, 4) is 0 Å². The van der Waals surface area contributed by atoms with Gasteiger partial charge in [0, 0.05) is 25.6 Å². The number of rotatable bonds is 4. The molecule has 0 radical (unpaired) electrons. The second-order valence-corrected chi connectivity index (χ2v) is 4.86. The predicted octanol–water partition coefficient (Wildman–Crippen LogP) is 0.201. The van der Waals surface area contributed by atoms with E-state index < -0.39 is 0 Å². The molecule has 2 unspecified atom stereocenters. The Labute approximate surface area is 91.4 Å². The van der Waals surface area contributed by atoms with Crippen molar-refractivity contribution in [2.24, 2.45) is 17.6 Å². The van der Waals surface area contributed by atoms with Crippen LogP contribution >= 0.6 is 0 Å². The van der Waals surface area contributed by atoms with E-state index in [0.29, 0.717) is 12.5 Å². The molecule has 1 aliphatic rings. The number of hydrogen-bond donors (Lipinski definition) is 2. The zero-order chi connectivity index (χ0) is 11.4. The molecule has 1 aliphatic heterocycles. The van der Waals surface area contributed by atoms with Gasteiger partial charge in [-0.15, -0.1) is 0 Å². The van der Waals surface area contributed by atoms with E-state index in [2.05, 4.69) is 13.8 Å². The summed E-state index contributed by atoms with van der Waals surface area (Å²) in [4.78, 5) is 13.6. The number of hydrogen-bond acceptors (Lipinski definition) is 3. The van der Waals surface area contributed by atoms with Gasteiger partial charge in [0.15, 0.2) is 0 Å². The largest absolute Gasteiger partial charge is 0.396 e. The summed E-state index contributed by atoms with van der Waals surface area (Å²) in [6.45, 7) is 5.71. The summed E-state index contributed by atoms with van der Waals surface area (Å²) in [6.07, 6.45) is 1.63. The van der Waals surface area contributed by atoms with Crippen LogP contribution in [0, 0.1) is 11.8 Å². The fourth-order valence-corrected chi connectivity index (χ4v) is 2.03. The van der Waals surface area contributed by atoms with Crippen LogP contribution in [0.4, 0.5) is 0 Å². The molecular weight excluding hydrogens is 192 g/mol. The summed E-state index contributed by atoms with van der Waals surface area (Å²) in [6, 6.07) is -0.373. The van der Waals surface area contributed by atoms with Crippen molar-refractivity contribution < 1.29 is 9.90 Å². The maximum Gasteiger partial charge on any atom is 0.239 e. The van der Waals surface area contributed by atoms with E-state index in [4.69, 9.17) is 10.8 Å². The first-order valence-corrected chi connectivity index (χ1v) is 5.69. The highest BCUT2D eigenvalue weighted by Gasteiger charge is 2.28. The normalized spacial score (nSPS) is 23.5. The van der Waals surface area contributed by atoms with Gasteiger partial charge in [-0.1, -0.05) is 13.8 Å². The highest BCUT2D eigenvalue weighted by Crippen LogP contribution is 2.17. The Kier molecular flexibility index (Phi) is 4.54. The molecule has 88 valence electrons. The maximum atomic E-state index is 11.9.